The minimum atomic E-state index is 0.0201. The van der Waals surface area contributed by atoms with Gasteiger partial charge in [0.2, 0.25) is 11.8 Å². The van der Waals surface area contributed by atoms with Crippen molar-refractivity contribution in [1.29, 1.82) is 0 Å². The van der Waals surface area contributed by atoms with Gasteiger partial charge in [0.15, 0.2) is 0 Å². The van der Waals surface area contributed by atoms with Crippen molar-refractivity contribution < 1.29 is 9.59 Å². The molecule has 1 heterocycles. The molecule has 3 rings (SSSR count). The van der Waals surface area contributed by atoms with E-state index in [2.05, 4.69) is 5.32 Å². The highest BCUT2D eigenvalue weighted by atomic mass is 16.2. The number of hydrogen-bond donors (Lipinski definition) is 2. The molecule has 0 aromatic carbocycles. The molecule has 0 aromatic rings. The van der Waals surface area contributed by atoms with Crippen LogP contribution in [-0.2, 0) is 9.59 Å². The Balaban J connectivity index is 1.51. The van der Waals surface area contributed by atoms with Gasteiger partial charge in [0.25, 0.3) is 0 Å². The molecule has 124 valence electrons. The summed E-state index contributed by atoms with van der Waals surface area (Å²) >= 11 is 0. The van der Waals surface area contributed by atoms with E-state index in [0.29, 0.717) is 11.8 Å². The second-order valence-electron chi connectivity index (χ2n) is 7.70. The average Bonchev–Trinajstić information content (AvgIpc) is 3.08. The van der Waals surface area contributed by atoms with E-state index < -0.39 is 0 Å². The third-order valence-electron chi connectivity index (χ3n) is 5.94. The fourth-order valence-corrected chi connectivity index (χ4v) is 4.53. The molecule has 1 saturated heterocycles. The van der Waals surface area contributed by atoms with Gasteiger partial charge in [-0.25, -0.2) is 0 Å². The molecule has 0 spiro atoms. The first-order chi connectivity index (χ1) is 10.5. The van der Waals surface area contributed by atoms with Crippen LogP contribution in [0.3, 0.4) is 0 Å². The largest absolute Gasteiger partial charge is 0.353 e. The van der Waals surface area contributed by atoms with Crippen LogP contribution in [0.25, 0.3) is 0 Å². The normalized spacial score (nSPS) is 35.2. The molecule has 1 aliphatic heterocycles. The van der Waals surface area contributed by atoms with Crippen LogP contribution in [-0.4, -0.2) is 41.9 Å². The monoisotopic (exact) mass is 307 g/mol. The third kappa shape index (κ3) is 2.87. The first-order valence-electron chi connectivity index (χ1n) is 8.82. The van der Waals surface area contributed by atoms with Gasteiger partial charge in [-0.2, -0.15) is 0 Å². The van der Waals surface area contributed by atoms with Gasteiger partial charge >= 0.3 is 0 Å². The summed E-state index contributed by atoms with van der Waals surface area (Å²) in [6.45, 7) is 5.32. The molecule has 2 saturated carbocycles. The maximum atomic E-state index is 12.8. The molecule has 3 aliphatic rings. The predicted octanol–water partition coefficient (Wildman–Crippen LogP) is 1.12. The zero-order valence-corrected chi connectivity index (χ0v) is 13.8. The van der Waals surface area contributed by atoms with E-state index in [0.717, 1.165) is 32.4 Å². The van der Waals surface area contributed by atoms with Gasteiger partial charge in [-0.15, -0.1) is 0 Å². The summed E-state index contributed by atoms with van der Waals surface area (Å²) in [5.41, 5.74) is 6.29. The Hall–Kier alpha value is -1.10. The van der Waals surface area contributed by atoms with Gasteiger partial charge in [0, 0.05) is 31.1 Å². The molecule has 4 unspecified atom stereocenters. The van der Waals surface area contributed by atoms with Crippen LogP contribution in [0, 0.1) is 23.7 Å². The standard InChI is InChI=1S/C17H29N3O2/c1-10(2)16(21)19-13-5-7-20(8-6-13)17(22)14-11-3-4-12(9-11)15(14)18/h10-15H,3-9,18H2,1-2H3,(H,19,21). The number of fused-ring (bicyclic) bond motifs is 2. The molecule has 0 aromatic heterocycles. The lowest BCUT2D eigenvalue weighted by molar-refractivity contribution is -0.139. The Morgan fingerprint density at radius 1 is 1.09 bits per heavy atom. The van der Waals surface area contributed by atoms with Crippen molar-refractivity contribution in [2.75, 3.05) is 13.1 Å². The summed E-state index contributed by atoms with van der Waals surface area (Å²) in [5.74, 6) is 1.55. The van der Waals surface area contributed by atoms with E-state index in [1.54, 1.807) is 0 Å². The van der Waals surface area contributed by atoms with Gasteiger partial charge in [-0.05, 0) is 43.9 Å². The molecule has 5 nitrogen and oxygen atoms in total. The molecule has 3 N–H and O–H groups in total. The van der Waals surface area contributed by atoms with E-state index in [-0.39, 0.29) is 35.7 Å². The van der Waals surface area contributed by atoms with Crippen LogP contribution in [0.15, 0.2) is 0 Å². The van der Waals surface area contributed by atoms with Gasteiger partial charge < -0.3 is 16.0 Å². The van der Waals surface area contributed by atoms with Crippen molar-refractivity contribution in [3.63, 3.8) is 0 Å². The lowest BCUT2D eigenvalue weighted by Gasteiger charge is -2.37. The molecule has 0 radical (unpaired) electrons. The minimum Gasteiger partial charge on any atom is -0.353 e. The van der Waals surface area contributed by atoms with E-state index >= 15 is 0 Å². The number of nitrogens with one attached hydrogen (secondary N) is 1. The average molecular weight is 307 g/mol. The van der Waals surface area contributed by atoms with Crippen molar-refractivity contribution in [1.82, 2.24) is 10.2 Å². The summed E-state index contributed by atoms with van der Waals surface area (Å²) in [4.78, 5) is 26.5. The lowest BCUT2D eigenvalue weighted by atomic mass is 9.83. The maximum Gasteiger partial charge on any atom is 0.227 e. The number of amides is 2. The van der Waals surface area contributed by atoms with Crippen LogP contribution in [0.2, 0.25) is 0 Å². The van der Waals surface area contributed by atoms with Gasteiger partial charge in [0.1, 0.15) is 0 Å². The minimum absolute atomic E-state index is 0.0201. The van der Waals surface area contributed by atoms with Crippen LogP contribution in [0.4, 0.5) is 0 Å². The molecule has 2 bridgehead atoms. The van der Waals surface area contributed by atoms with Crippen LogP contribution in [0.5, 0.6) is 0 Å². The zero-order valence-electron chi connectivity index (χ0n) is 13.8. The number of nitrogens with two attached hydrogens (primary N) is 1. The number of nitrogens with zero attached hydrogens (tertiary/aromatic N) is 1. The van der Waals surface area contributed by atoms with Gasteiger partial charge in [-0.3, -0.25) is 9.59 Å². The molecule has 3 fully saturated rings. The van der Waals surface area contributed by atoms with Crippen molar-refractivity contribution in [3.8, 4) is 0 Å². The molecule has 5 heteroatoms. The molecule has 22 heavy (non-hydrogen) atoms. The highest BCUT2D eigenvalue weighted by Gasteiger charge is 2.50. The molecule has 4 atom stereocenters. The predicted molar refractivity (Wildman–Crippen MR) is 84.9 cm³/mol. The molecule has 2 aliphatic carbocycles. The quantitative estimate of drug-likeness (QED) is 0.820. The third-order valence-corrected chi connectivity index (χ3v) is 5.94. The molecular formula is C17H29N3O2. The number of piperidine rings is 1. The first kappa shape index (κ1) is 15.8. The Kier molecular flexibility index (Phi) is 4.44. The van der Waals surface area contributed by atoms with Crippen molar-refractivity contribution in [2.45, 2.75) is 58.0 Å². The molecule has 2 amide bonds. The Morgan fingerprint density at radius 2 is 1.73 bits per heavy atom. The summed E-state index contributed by atoms with van der Waals surface area (Å²) in [7, 11) is 0. The zero-order chi connectivity index (χ0) is 15.9. The van der Waals surface area contributed by atoms with E-state index in [9.17, 15) is 9.59 Å². The van der Waals surface area contributed by atoms with Gasteiger partial charge in [-0.1, -0.05) is 13.8 Å². The Morgan fingerprint density at radius 3 is 2.27 bits per heavy atom. The number of carbonyl (C=O) groups excluding carboxylic acids is 2. The SMILES string of the molecule is CC(C)C(=O)NC1CCN(C(=O)C2C3CCC(C3)C2N)CC1. The molecular weight excluding hydrogens is 278 g/mol. The fraction of sp³-hybridized carbons (Fsp3) is 0.882. The number of carbonyl (C=O) groups is 2. The Labute approximate surface area is 133 Å². The Bertz CT molecular complexity index is 441. The van der Waals surface area contributed by atoms with E-state index in [1.165, 1.54) is 12.8 Å². The van der Waals surface area contributed by atoms with Crippen LogP contribution >= 0.6 is 0 Å². The van der Waals surface area contributed by atoms with Gasteiger partial charge in [0.05, 0.1) is 5.92 Å². The highest BCUT2D eigenvalue weighted by Crippen LogP contribution is 2.48. The summed E-state index contributed by atoms with van der Waals surface area (Å²) in [5, 5.41) is 3.08. The number of likely N-dealkylation sites (tertiary alicyclic amines) is 1. The smallest absolute Gasteiger partial charge is 0.227 e. The summed E-state index contributed by atoms with van der Waals surface area (Å²) in [6, 6.07) is 0.289. The van der Waals surface area contributed by atoms with E-state index in [1.807, 2.05) is 18.7 Å². The lowest BCUT2D eigenvalue weighted by Crippen LogP contribution is -2.52. The highest BCUT2D eigenvalue weighted by molar-refractivity contribution is 5.81. The first-order valence-corrected chi connectivity index (χ1v) is 8.82. The summed E-state index contributed by atoms with van der Waals surface area (Å²) in [6.07, 6.45) is 5.26. The second kappa shape index (κ2) is 6.19. The number of rotatable bonds is 3. The number of hydrogen-bond acceptors (Lipinski definition) is 3. The van der Waals surface area contributed by atoms with Crippen LogP contribution < -0.4 is 11.1 Å². The van der Waals surface area contributed by atoms with Crippen molar-refractivity contribution in [3.05, 3.63) is 0 Å². The van der Waals surface area contributed by atoms with Crippen molar-refractivity contribution in [2.24, 2.45) is 29.4 Å². The summed E-state index contributed by atoms with van der Waals surface area (Å²) < 4.78 is 0. The van der Waals surface area contributed by atoms with Crippen molar-refractivity contribution >= 4 is 11.8 Å². The fourth-order valence-electron chi connectivity index (χ4n) is 4.53. The van der Waals surface area contributed by atoms with E-state index in [4.69, 9.17) is 5.73 Å². The maximum absolute atomic E-state index is 12.8. The van der Waals surface area contributed by atoms with Crippen LogP contribution in [0.1, 0.15) is 46.0 Å². The topological polar surface area (TPSA) is 75.4 Å². The second-order valence-corrected chi connectivity index (χ2v) is 7.70.